The van der Waals surface area contributed by atoms with Gasteiger partial charge in [-0.2, -0.15) is 0 Å². The number of carbonyl (C=O) groups excluding carboxylic acids is 1. The monoisotopic (exact) mass is 1920 g/mol. The topological polar surface area (TPSA) is 59.6 Å². The molecule has 0 aromatic heterocycles. The molecule has 11 rings (SSSR count). The van der Waals surface area contributed by atoms with Gasteiger partial charge in [-0.15, -0.1) is 35.3 Å². The van der Waals surface area contributed by atoms with Crippen LogP contribution in [0.15, 0.2) is 213 Å². The van der Waals surface area contributed by atoms with E-state index in [1.165, 1.54) is 88.6 Å². The first kappa shape index (κ1) is 115. The molecule has 0 unspecified atom stereocenters. The molecule has 1 aliphatic rings. The summed E-state index contributed by atoms with van der Waals surface area (Å²) in [6.07, 6.45) is 5.65. The van der Waals surface area contributed by atoms with Crippen LogP contribution < -0.4 is 20.1 Å². The van der Waals surface area contributed by atoms with Crippen LogP contribution in [0.3, 0.4) is 0 Å². The molecule has 0 heterocycles. The highest BCUT2D eigenvalue weighted by Crippen LogP contribution is 2.39. The summed E-state index contributed by atoms with van der Waals surface area (Å²) in [5, 5.41) is 11.4. The maximum Gasteiger partial charge on any atom is 0.159 e. The Labute approximate surface area is 802 Å². The lowest BCUT2D eigenvalue weighted by Crippen LogP contribution is -2.12. The smallest absolute Gasteiger partial charge is 0.159 e. The number of halogens is 8. The largest absolute Gasteiger partial charge is 0.496 e. The summed E-state index contributed by atoms with van der Waals surface area (Å²) in [6.45, 7) is 59.3. The number of nitrogens with one attached hydrogen (secondary N) is 2. The van der Waals surface area contributed by atoms with Gasteiger partial charge in [0.25, 0.3) is 0 Å². The van der Waals surface area contributed by atoms with Crippen LogP contribution in [0.5, 0.6) is 11.5 Å². The summed E-state index contributed by atoms with van der Waals surface area (Å²) in [5.41, 5.74) is 17.3. The fourth-order valence-electron chi connectivity index (χ4n) is 13.3. The van der Waals surface area contributed by atoms with E-state index in [4.69, 9.17) is 67.5 Å². The molecule has 1 aliphatic carbocycles. The van der Waals surface area contributed by atoms with E-state index in [0.29, 0.717) is 64.7 Å². The third-order valence-electron chi connectivity index (χ3n) is 19.8. The van der Waals surface area contributed by atoms with Gasteiger partial charge >= 0.3 is 0 Å². The van der Waals surface area contributed by atoms with Crippen molar-refractivity contribution in [2.45, 2.75) is 304 Å². The fraction of sp³-hybridized carbons (Fsp3) is 0.440. The summed E-state index contributed by atoms with van der Waals surface area (Å²) >= 11 is 39.3. The molecule has 125 heavy (non-hydrogen) atoms. The predicted molar refractivity (Wildman–Crippen MR) is 560 cm³/mol. The lowest BCUT2D eigenvalue weighted by molar-refractivity contribution is 0.101. The van der Waals surface area contributed by atoms with Crippen molar-refractivity contribution in [1.82, 2.24) is 0 Å². The Morgan fingerprint density at radius 1 is 0.432 bits per heavy atom. The van der Waals surface area contributed by atoms with Crippen molar-refractivity contribution in [1.29, 1.82) is 0 Å². The second kappa shape index (κ2) is 60.7. The van der Waals surface area contributed by atoms with Gasteiger partial charge in [0.15, 0.2) is 5.78 Å². The highest BCUT2D eigenvalue weighted by molar-refractivity contribution is 9.10. The van der Waals surface area contributed by atoms with Gasteiger partial charge in [0.2, 0.25) is 0 Å². The van der Waals surface area contributed by atoms with E-state index in [1.54, 1.807) is 57.2 Å². The maximum atomic E-state index is 13.5. The molecule has 0 aliphatic heterocycles. The van der Waals surface area contributed by atoms with E-state index < -0.39 is 0 Å². The molecule has 10 aromatic rings. The van der Waals surface area contributed by atoms with Crippen LogP contribution in [0.2, 0.25) is 25.1 Å². The number of hydrogen-bond donors (Lipinski definition) is 2. The molecule has 10 aromatic carbocycles. The highest BCUT2D eigenvalue weighted by atomic mass is 79.9. The molecule has 0 saturated heterocycles. The van der Waals surface area contributed by atoms with E-state index in [-0.39, 0.29) is 29.3 Å². The van der Waals surface area contributed by atoms with Gasteiger partial charge in [-0.3, -0.25) is 4.79 Å². The van der Waals surface area contributed by atoms with Gasteiger partial charge < -0.3 is 20.1 Å². The molecule has 1 fully saturated rings. The van der Waals surface area contributed by atoms with Crippen LogP contribution in [-0.2, 0) is 6.42 Å². The number of methoxy groups -OCH3 is 2. The summed E-state index contributed by atoms with van der Waals surface area (Å²) in [7, 11) is 3.39. The Morgan fingerprint density at radius 3 is 1.27 bits per heavy atom. The van der Waals surface area contributed by atoms with Crippen molar-refractivity contribution in [2.24, 2.45) is 0 Å². The number of carbonyl (C=O) groups is 1. The zero-order valence-corrected chi connectivity index (χ0v) is 88.6. The molecular weight excluding hydrogens is 1780 g/mol. The minimum atomic E-state index is -0.120. The maximum absolute atomic E-state index is 13.5. The minimum Gasteiger partial charge on any atom is -0.496 e. The number of rotatable bonds is 23. The van der Waals surface area contributed by atoms with Gasteiger partial charge in [-0.25, -0.2) is 8.78 Å². The SMILES string of the molecule is CC(=O)c1ccc(Cl)c(C(C)C)c1.CC(C)Nc1cccc(F)c1C(C)C.CC(C)Sc1cccc(Cl)c1C(C)C.CC(C)c1c(F)cccc1NC1CC1.CC(C)c1ccccc1Br.CCSc1cccc(Cl)c1C(C)C.CCc1ccc(C)c(C(C)C)c1.COc1ccc(Cl)cc1C(C)C.COc1ccccc1C(C)C.CSc1cccc(Cl)c1C(C)C. The molecule has 0 amide bonds. The Bertz CT molecular complexity index is 4650. The quantitative estimate of drug-likeness (QED) is 0.0485. The highest BCUT2D eigenvalue weighted by Gasteiger charge is 2.24. The normalized spacial score (nSPS) is 11.3. The molecular formula is C109H148BrCl5F2N2O3S3. The van der Waals surface area contributed by atoms with Crippen molar-refractivity contribution in [3.8, 4) is 11.5 Å². The molecule has 16 heteroatoms. The van der Waals surface area contributed by atoms with Gasteiger partial charge in [0.05, 0.1) is 14.2 Å². The Balaban J connectivity index is 0.000000471. The molecule has 1 saturated carbocycles. The Kier molecular flexibility index (Phi) is 55.9. The third-order valence-corrected chi connectivity index (χ3v) is 24.9. The second-order valence-corrected chi connectivity index (χ2v) is 41.1. The molecule has 0 spiro atoms. The Hall–Kier alpha value is -6.09. The average molecular weight is 1930 g/mol. The third kappa shape index (κ3) is 41.7. The number of hydrogen-bond acceptors (Lipinski definition) is 8. The molecule has 5 nitrogen and oxygen atoms in total. The van der Waals surface area contributed by atoms with Crippen molar-refractivity contribution in [3.05, 3.63) is 308 Å². The number of aryl methyl sites for hydroxylation is 2. The minimum absolute atomic E-state index is 0.0820. The van der Waals surface area contributed by atoms with Gasteiger partial charge in [-0.05, 0) is 283 Å². The van der Waals surface area contributed by atoms with Crippen LogP contribution in [0, 0.1) is 18.6 Å². The Morgan fingerprint density at radius 2 is 0.864 bits per heavy atom. The second-order valence-electron chi connectivity index (χ2n) is 34.4. The van der Waals surface area contributed by atoms with E-state index in [9.17, 15) is 13.6 Å². The first-order valence-electron chi connectivity index (χ1n) is 44.2. The first-order valence-corrected chi connectivity index (χ1v) is 50.0. The number of thioether (sulfide) groups is 3. The van der Waals surface area contributed by atoms with Gasteiger partial charge in [0.1, 0.15) is 23.1 Å². The molecule has 686 valence electrons. The van der Waals surface area contributed by atoms with Crippen molar-refractivity contribution in [2.75, 3.05) is 36.9 Å². The van der Waals surface area contributed by atoms with Crippen LogP contribution in [0.1, 0.15) is 336 Å². The standard InChI is InChI=1S/C12H17ClS.C12H16FN.C12H18FN.C12H18.C11H13ClO.C11H15ClS.C10H13ClO.C10H13ClS.C10H14O.C9H11Br/c1-8(2)12-10(13)6-5-7-11(12)14-9(3)4;1-8(2)12-10(13)4-3-5-11(12)14-9-6-7-9;1-8(2)12-10(13)6-5-7-11(12)14-9(3)4;1-5-11-7-6-10(4)12(8-11)9(2)3;1-7(2)10-6-9(8(3)13)4-5-11(10)12;1-4-13-10-7-5-6-9(12)11(10)8(2)3;1-7(2)9-6-8(11)4-5-10(9)12-3;1-7(2)10-8(11)5-4-6-9(10)12-3;1-8(2)9-6-4-5-7-10(9)11-3;1-7(2)8-5-3-4-6-9(8)10/h5-9H,1-4H3;3-5,8-9,14H,6-7H2,1-2H3;5-9,14H,1-4H3;6-9H,5H2,1-4H3;4-7H,1-3H3;5-8H,4H2,1-3H3;2*4-7H,1-3H3;4-8H,1-3H3;3-7H,1-2H3. The lowest BCUT2D eigenvalue weighted by Gasteiger charge is -2.17. The predicted octanol–water partition coefficient (Wildman–Crippen LogP) is 38.2. The zero-order chi connectivity index (χ0) is 94.7. The number of Topliss-reactive ketones (excluding diaryl/α,β-unsaturated/α-hetero) is 1. The first-order chi connectivity index (χ1) is 58.8. The molecule has 0 atom stereocenters. The van der Waals surface area contributed by atoms with Crippen LogP contribution >= 0.6 is 109 Å². The molecule has 0 radical (unpaired) electrons. The van der Waals surface area contributed by atoms with Gasteiger partial charge in [-0.1, -0.05) is 325 Å². The number of para-hydroxylation sites is 1. The number of anilines is 2. The summed E-state index contributed by atoms with van der Waals surface area (Å²) < 4.78 is 38.7. The molecule has 0 bridgehead atoms. The van der Waals surface area contributed by atoms with Gasteiger partial charge in [0, 0.05) is 89.7 Å². The van der Waals surface area contributed by atoms with Crippen molar-refractivity contribution >= 4 is 126 Å². The van der Waals surface area contributed by atoms with Crippen molar-refractivity contribution < 1.29 is 23.0 Å². The summed E-state index contributed by atoms with van der Waals surface area (Å²) in [5.74, 6) is 7.39. The van der Waals surface area contributed by atoms with Crippen molar-refractivity contribution in [3.63, 3.8) is 0 Å². The summed E-state index contributed by atoms with van der Waals surface area (Å²) in [6, 6.07) is 64.1. The number of benzene rings is 10. The van der Waals surface area contributed by atoms with E-state index >= 15 is 0 Å². The van der Waals surface area contributed by atoms with Crippen LogP contribution in [0.25, 0.3) is 0 Å². The zero-order valence-electron chi connectivity index (χ0n) is 80.8. The lowest BCUT2D eigenvalue weighted by atomic mass is 9.95. The van der Waals surface area contributed by atoms with Crippen LogP contribution in [0.4, 0.5) is 20.2 Å². The fourth-order valence-corrected chi connectivity index (χ4v) is 18.8. The van der Waals surface area contributed by atoms with Crippen LogP contribution in [-0.4, -0.2) is 49.3 Å². The molecule has 2 N–H and O–H groups in total. The van der Waals surface area contributed by atoms with E-state index in [1.807, 2.05) is 148 Å². The average Bonchev–Trinajstić information content (AvgIpc) is 1.82. The van der Waals surface area contributed by atoms with E-state index in [2.05, 4.69) is 253 Å². The van der Waals surface area contributed by atoms with E-state index in [0.717, 1.165) is 88.0 Å². The number of ketones is 1. The number of ether oxygens (including phenoxy) is 2. The summed E-state index contributed by atoms with van der Waals surface area (Å²) in [4.78, 5) is 15.0.